The van der Waals surface area contributed by atoms with E-state index in [9.17, 15) is 0 Å². The first-order chi connectivity index (χ1) is 6.94. The van der Waals surface area contributed by atoms with E-state index in [1.54, 1.807) is 11.8 Å². The van der Waals surface area contributed by atoms with Crippen LogP contribution in [0.25, 0.3) is 0 Å². The summed E-state index contributed by atoms with van der Waals surface area (Å²) in [4.78, 5) is 4.68. The Hall–Kier alpha value is -0.280. The predicted molar refractivity (Wildman–Crippen MR) is 68.6 cm³/mol. The summed E-state index contributed by atoms with van der Waals surface area (Å²) < 4.78 is 5.72. The molecule has 0 radical (unpaired) electrons. The summed E-state index contributed by atoms with van der Waals surface area (Å²) in [5.41, 5.74) is 2.42. The Balaban J connectivity index is 2.79. The van der Waals surface area contributed by atoms with Gasteiger partial charge < -0.3 is 4.74 Å². The van der Waals surface area contributed by atoms with Gasteiger partial charge in [0.05, 0.1) is 17.3 Å². The van der Waals surface area contributed by atoms with E-state index in [1.807, 2.05) is 0 Å². The second kappa shape index (κ2) is 5.17. The zero-order chi connectivity index (χ0) is 11.5. The lowest BCUT2D eigenvalue weighted by atomic mass is 9.97. The van der Waals surface area contributed by atoms with Crippen LogP contribution in [-0.4, -0.2) is 23.0 Å². The average molecular weight is 227 g/mol. The molecule has 86 valence electrons. The minimum atomic E-state index is -0.0600. The maximum Gasteiger partial charge on any atom is 0.0703 e. The van der Waals surface area contributed by atoms with Gasteiger partial charge in [-0.2, -0.15) is 0 Å². The van der Waals surface area contributed by atoms with Crippen LogP contribution in [-0.2, 0) is 4.74 Å². The molecule has 2 nitrogen and oxygen atoms in total. The number of hydrogen-bond acceptors (Lipinski definition) is 3. The molecule has 0 saturated carbocycles. The Labute approximate surface area is 97.2 Å². The number of hydrogen-bond donors (Lipinski definition) is 0. The van der Waals surface area contributed by atoms with Crippen LogP contribution in [0.1, 0.15) is 41.0 Å². The third kappa shape index (κ3) is 3.99. The van der Waals surface area contributed by atoms with E-state index in [2.05, 4.69) is 39.6 Å². The van der Waals surface area contributed by atoms with Gasteiger partial charge in [-0.25, -0.2) is 0 Å². The van der Waals surface area contributed by atoms with E-state index in [0.29, 0.717) is 0 Å². The largest absolute Gasteiger partial charge is 0.371 e. The van der Waals surface area contributed by atoms with Crippen molar-refractivity contribution < 1.29 is 4.74 Å². The highest BCUT2D eigenvalue weighted by atomic mass is 32.2. The second-order valence-electron chi connectivity index (χ2n) is 4.52. The van der Waals surface area contributed by atoms with E-state index in [0.717, 1.165) is 23.8 Å². The van der Waals surface area contributed by atoms with Crippen molar-refractivity contribution in [3.63, 3.8) is 0 Å². The third-order valence-electron chi connectivity index (χ3n) is 2.41. The van der Waals surface area contributed by atoms with E-state index in [-0.39, 0.29) is 5.60 Å². The van der Waals surface area contributed by atoms with E-state index in [1.165, 1.54) is 11.3 Å². The van der Waals surface area contributed by atoms with Crippen LogP contribution in [0.3, 0.4) is 0 Å². The first-order valence-electron chi connectivity index (χ1n) is 5.45. The maximum absolute atomic E-state index is 5.72. The molecule has 1 aliphatic rings. The lowest BCUT2D eigenvalue weighted by Crippen LogP contribution is -2.30. The molecular weight excluding hydrogens is 206 g/mol. The van der Waals surface area contributed by atoms with Crippen LogP contribution in [0.5, 0.6) is 0 Å². The number of ether oxygens (including phenoxy) is 1. The molecule has 0 aromatic heterocycles. The molecule has 0 aromatic carbocycles. The van der Waals surface area contributed by atoms with Gasteiger partial charge in [0.1, 0.15) is 0 Å². The standard InChI is InChI=1S/C12H21NOS/c1-6-15-10(3)13-11-7-12(4,5)14-8-9(11)2/h6-8H2,1-5H3/b13-10+. The molecule has 0 atom stereocenters. The highest BCUT2D eigenvalue weighted by Crippen LogP contribution is 2.29. The van der Waals surface area contributed by atoms with Gasteiger partial charge in [-0.3, -0.25) is 4.99 Å². The zero-order valence-corrected chi connectivity index (χ0v) is 11.2. The molecular formula is C12H21NOS. The molecule has 1 heterocycles. The zero-order valence-electron chi connectivity index (χ0n) is 10.4. The Morgan fingerprint density at radius 2 is 2.20 bits per heavy atom. The highest BCUT2D eigenvalue weighted by Gasteiger charge is 2.26. The number of nitrogens with zero attached hydrogens (tertiary/aromatic N) is 1. The molecule has 0 fully saturated rings. The van der Waals surface area contributed by atoms with Crippen molar-refractivity contribution in [2.45, 2.75) is 46.6 Å². The highest BCUT2D eigenvalue weighted by molar-refractivity contribution is 8.13. The molecule has 1 aliphatic heterocycles. The van der Waals surface area contributed by atoms with Crippen LogP contribution in [0.4, 0.5) is 0 Å². The lowest BCUT2D eigenvalue weighted by Gasteiger charge is -2.31. The van der Waals surface area contributed by atoms with Crippen LogP contribution in [0, 0.1) is 0 Å². The molecule has 0 bridgehead atoms. The van der Waals surface area contributed by atoms with E-state index in [4.69, 9.17) is 4.74 Å². The Kier molecular flexibility index (Phi) is 4.41. The molecule has 0 amide bonds. The van der Waals surface area contributed by atoms with Crippen molar-refractivity contribution in [1.82, 2.24) is 0 Å². The molecule has 3 heteroatoms. The van der Waals surface area contributed by atoms with Gasteiger partial charge in [-0.15, -0.1) is 11.8 Å². The Morgan fingerprint density at radius 3 is 2.80 bits per heavy atom. The maximum atomic E-state index is 5.72. The molecule has 0 aliphatic carbocycles. The van der Waals surface area contributed by atoms with Crippen LogP contribution in [0.15, 0.2) is 16.3 Å². The summed E-state index contributed by atoms with van der Waals surface area (Å²) in [6.45, 7) is 11.3. The van der Waals surface area contributed by atoms with Gasteiger partial charge in [-0.05, 0) is 39.0 Å². The summed E-state index contributed by atoms with van der Waals surface area (Å²) in [6, 6.07) is 0. The van der Waals surface area contributed by atoms with Gasteiger partial charge in [0.2, 0.25) is 0 Å². The monoisotopic (exact) mass is 227 g/mol. The average Bonchev–Trinajstić information content (AvgIpc) is 2.11. The van der Waals surface area contributed by atoms with Crippen molar-refractivity contribution in [1.29, 1.82) is 0 Å². The van der Waals surface area contributed by atoms with Crippen LogP contribution >= 0.6 is 11.8 Å². The molecule has 0 unspecified atom stereocenters. The predicted octanol–water partition coefficient (Wildman–Crippen LogP) is 3.63. The van der Waals surface area contributed by atoms with Crippen molar-refractivity contribution in [3.05, 3.63) is 11.3 Å². The molecule has 1 rings (SSSR count). The van der Waals surface area contributed by atoms with Gasteiger partial charge in [0, 0.05) is 12.1 Å². The summed E-state index contributed by atoms with van der Waals surface area (Å²) >= 11 is 1.80. The quantitative estimate of drug-likeness (QED) is 0.531. The third-order valence-corrected chi connectivity index (χ3v) is 3.21. The van der Waals surface area contributed by atoms with Crippen LogP contribution < -0.4 is 0 Å². The lowest BCUT2D eigenvalue weighted by molar-refractivity contribution is -0.0146. The van der Waals surface area contributed by atoms with E-state index >= 15 is 0 Å². The Morgan fingerprint density at radius 1 is 1.53 bits per heavy atom. The van der Waals surface area contributed by atoms with Crippen molar-refractivity contribution in [3.8, 4) is 0 Å². The summed E-state index contributed by atoms with van der Waals surface area (Å²) in [6.07, 6.45) is 0.917. The fourth-order valence-electron chi connectivity index (χ4n) is 1.56. The minimum Gasteiger partial charge on any atom is -0.371 e. The summed E-state index contributed by atoms with van der Waals surface area (Å²) in [7, 11) is 0. The molecule has 0 spiro atoms. The minimum absolute atomic E-state index is 0.0600. The SMILES string of the molecule is CCS/C(C)=N/C1=C(C)COC(C)(C)C1. The smallest absolute Gasteiger partial charge is 0.0703 e. The molecule has 0 N–H and O–H groups in total. The first kappa shape index (κ1) is 12.8. The van der Waals surface area contributed by atoms with Crippen LogP contribution in [0.2, 0.25) is 0 Å². The van der Waals surface area contributed by atoms with Gasteiger partial charge in [0.25, 0.3) is 0 Å². The fraction of sp³-hybridized carbons (Fsp3) is 0.750. The number of aliphatic imine (C=N–C) groups is 1. The summed E-state index contributed by atoms with van der Waals surface area (Å²) in [5.74, 6) is 1.08. The topological polar surface area (TPSA) is 21.6 Å². The molecule has 15 heavy (non-hydrogen) atoms. The van der Waals surface area contributed by atoms with Crippen molar-refractivity contribution in [2.75, 3.05) is 12.4 Å². The van der Waals surface area contributed by atoms with Gasteiger partial charge >= 0.3 is 0 Å². The molecule has 0 aromatic rings. The Bertz CT molecular complexity index is 292. The normalized spacial score (nSPS) is 22.1. The first-order valence-corrected chi connectivity index (χ1v) is 6.44. The van der Waals surface area contributed by atoms with Gasteiger partial charge in [-0.1, -0.05) is 6.92 Å². The fourth-order valence-corrected chi connectivity index (χ4v) is 2.15. The van der Waals surface area contributed by atoms with Crippen molar-refractivity contribution >= 4 is 16.8 Å². The van der Waals surface area contributed by atoms with Gasteiger partial charge in [0.15, 0.2) is 0 Å². The number of thioether (sulfide) groups is 1. The summed E-state index contributed by atoms with van der Waals surface area (Å²) in [5, 5.41) is 1.16. The second-order valence-corrected chi connectivity index (χ2v) is 5.97. The number of rotatable bonds is 2. The molecule has 0 saturated heterocycles. The van der Waals surface area contributed by atoms with E-state index < -0.39 is 0 Å². The van der Waals surface area contributed by atoms with Crippen molar-refractivity contribution in [2.24, 2.45) is 4.99 Å².